The van der Waals surface area contributed by atoms with E-state index in [1.807, 2.05) is 0 Å². The quantitative estimate of drug-likeness (QED) is 0.376. The van der Waals surface area contributed by atoms with Crippen molar-refractivity contribution in [2.24, 2.45) is 0 Å². The minimum atomic E-state index is -1.19. The Hall–Kier alpha value is -1.62. The molecule has 13 heavy (non-hydrogen) atoms. The molecule has 0 aromatic rings. The van der Waals surface area contributed by atoms with Gasteiger partial charge >= 0.3 is 11.9 Å². The molecule has 0 aliphatic carbocycles. The Kier molecular flexibility index (Phi) is 5.22. The van der Waals surface area contributed by atoms with Crippen molar-refractivity contribution in [1.82, 2.24) is 5.06 Å². The highest BCUT2D eigenvalue weighted by molar-refractivity contribution is 5.90. The van der Waals surface area contributed by atoms with Crippen LogP contribution in [0.3, 0.4) is 0 Å². The van der Waals surface area contributed by atoms with Crippen LogP contribution in [-0.2, 0) is 14.4 Å². The number of likely N-dealkylation sites (N-methyl/N-ethyl adjacent to an activating group) is 1. The van der Waals surface area contributed by atoms with Crippen molar-refractivity contribution >= 4 is 11.9 Å². The van der Waals surface area contributed by atoms with E-state index < -0.39 is 11.9 Å². The van der Waals surface area contributed by atoms with Gasteiger partial charge in [0, 0.05) is 19.2 Å². The molecule has 0 heterocycles. The van der Waals surface area contributed by atoms with Gasteiger partial charge in [-0.1, -0.05) is 6.08 Å². The molecule has 0 amide bonds. The Balaban J connectivity index is 3.86. The van der Waals surface area contributed by atoms with Gasteiger partial charge in [-0.05, 0) is 0 Å². The Morgan fingerprint density at radius 2 is 2.15 bits per heavy atom. The predicted octanol–water partition coefficient (Wildman–Crippen LogP) is 0.203. The van der Waals surface area contributed by atoms with E-state index in [2.05, 4.69) is 11.4 Å². The summed E-state index contributed by atoms with van der Waals surface area (Å²) in [6.07, 6.45) is 3.10. The van der Waals surface area contributed by atoms with Gasteiger partial charge in [0.2, 0.25) is 0 Å². The first-order chi connectivity index (χ1) is 6.06. The summed E-state index contributed by atoms with van der Waals surface area (Å²) in [5.41, 5.74) is 0. The van der Waals surface area contributed by atoms with E-state index >= 15 is 0 Å². The van der Waals surface area contributed by atoms with Gasteiger partial charge in [0.05, 0.1) is 6.54 Å². The lowest BCUT2D eigenvalue weighted by atomic mass is 10.5. The Bertz CT molecular complexity index is 234. The molecule has 0 saturated heterocycles. The first-order valence-electron chi connectivity index (χ1n) is 3.51. The third-order valence-corrected chi connectivity index (χ3v) is 0.994. The second kappa shape index (κ2) is 5.96. The van der Waals surface area contributed by atoms with Crippen LogP contribution in [0.2, 0.25) is 0 Å². The van der Waals surface area contributed by atoms with Crippen molar-refractivity contribution in [3.63, 3.8) is 0 Å². The fourth-order valence-electron chi connectivity index (χ4n) is 0.542. The number of rotatable bonds is 5. The van der Waals surface area contributed by atoms with E-state index in [4.69, 9.17) is 5.11 Å². The zero-order valence-electron chi connectivity index (χ0n) is 7.27. The topological polar surface area (TPSA) is 66.8 Å². The fourth-order valence-corrected chi connectivity index (χ4v) is 0.542. The van der Waals surface area contributed by atoms with Crippen LogP contribution < -0.4 is 0 Å². The average molecular weight is 185 g/mol. The van der Waals surface area contributed by atoms with E-state index in [1.165, 1.54) is 12.1 Å². The van der Waals surface area contributed by atoms with E-state index in [9.17, 15) is 9.59 Å². The zero-order chi connectivity index (χ0) is 10.3. The minimum Gasteiger partial charge on any atom is -0.478 e. The van der Waals surface area contributed by atoms with Crippen molar-refractivity contribution in [3.8, 4) is 0 Å². The second-order valence-corrected chi connectivity index (χ2v) is 2.18. The summed E-state index contributed by atoms with van der Waals surface area (Å²) in [6.45, 7) is 3.82. The molecular weight excluding hydrogens is 174 g/mol. The van der Waals surface area contributed by atoms with Crippen molar-refractivity contribution in [1.29, 1.82) is 0 Å². The standard InChI is InChI=1S/C8H11NO4/c1-3-6-9(2)13-8(12)5-4-7(10)11/h3-5H,1,6H2,2H3,(H,10,11)/b5-4-. The number of nitrogens with zero attached hydrogens (tertiary/aromatic N) is 1. The number of hydrogen-bond acceptors (Lipinski definition) is 4. The molecule has 1 N–H and O–H groups in total. The Labute approximate surface area is 75.9 Å². The summed E-state index contributed by atoms with van der Waals surface area (Å²) in [5, 5.41) is 9.41. The number of carboxylic acid groups (broad SMARTS) is 1. The molecule has 0 aliphatic rings. The lowest BCUT2D eigenvalue weighted by molar-refractivity contribution is -0.175. The molecule has 72 valence electrons. The second-order valence-electron chi connectivity index (χ2n) is 2.18. The third-order valence-electron chi connectivity index (χ3n) is 0.994. The van der Waals surface area contributed by atoms with Crippen molar-refractivity contribution < 1.29 is 19.5 Å². The number of carbonyl (C=O) groups is 2. The van der Waals surface area contributed by atoms with E-state index in [0.717, 1.165) is 6.08 Å². The van der Waals surface area contributed by atoms with Gasteiger partial charge in [0.25, 0.3) is 0 Å². The molecule has 0 rings (SSSR count). The number of hydroxylamine groups is 2. The largest absolute Gasteiger partial charge is 0.478 e. The predicted molar refractivity (Wildman–Crippen MR) is 45.7 cm³/mol. The highest BCUT2D eigenvalue weighted by atomic mass is 16.7. The van der Waals surface area contributed by atoms with Gasteiger partial charge in [-0.2, -0.15) is 0 Å². The van der Waals surface area contributed by atoms with E-state index in [1.54, 1.807) is 6.08 Å². The SMILES string of the molecule is C=CCN(C)OC(=O)/C=C\C(=O)O. The van der Waals surface area contributed by atoms with Crippen molar-refractivity contribution in [3.05, 3.63) is 24.8 Å². The Morgan fingerprint density at radius 3 is 2.62 bits per heavy atom. The average Bonchev–Trinajstić information content (AvgIpc) is 2.01. The summed E-state index contributed by atoms with van der Waals surface area (Å²) in [5.74, 6) is -1.92. The number of carbonyl (C=O) groups excluding carboxylic acids is 1. The highest BCUT2D eigenvalue weighted by Gasteiger charge is 2.02. The van der Waals surface area contributed by atoms with Gasteiger partial charge in [0.15, 0.2) is 0 Å². The molecule has 0 aliphatic heterocycles. The van der Waals surface area contributed by atoms with Crippen LogP contribution >= 0.6 is 0 Å². The van der Waals surface area contributed by atoms with Gasteiger partial charge in [-0.15, -0.1) is 11.6 Å². The first-order valence-corrected chi connectivity index (χ1v) is 3.51. The lowest BCUT2D eigenvalue weighted by Crippen LogP contribution is -2.22. The number of aliphatic carboxylic acids is 1. The summed E-state index contributed by atoms with van der Waals surface area (Å²) < 4.78 is 0. The van der Waals surface area contributed by atoms with Gasteiger partial charge < -0.3 is 9.94 Å². The molecule has 0 spiro atoms. The summed E-state index contributed by atoms with van der Waals surface area (Å²) in [6, 6.07) is 0. The van der Waals surface area contributed by atoms with Crippen LogP contribution in [0.25, 0.3) is 0 Å². The van der Waals surface area contributed by atoms with Gasteiger partial charge in [-0.25, -0.2) is 9.59 Å². The minimum absolute atomic E-state index is 0.382. The van der Waals surface area contributed by atoms with Crippen LogP contribution in [0.4, 0.5) is 0 Å². The van der Waals surface area contributed by atoms with Crippen LogP contribution in [0.1, 0.15) is 0 Å². The molecule has 0 aromatic heterocycles. The fraction of sp³-hybridized carbons (Fsp3) is 0.250. The maximum Gasteiger partial charge on any atom is 0.349 e. The van der Waals surface area contributed by atoms with Crippen molar-refractivity contribution in [2.75, 3.05) is 13.6 Å². The molecule has 0 fully saturated rings. The maximum atomic E-state index is 10.8. The first kappa shape index (κ1) is 11.4. The molecule has 0 radical (unpaired) electrons. The summed E-state index contributed by atoms with van der Waals surface area (Å²) in [7, 11) is 1.54. The smallest absolute Gasteiger partial charge is 0.349 e. The molecule has 5 nitrogen and oxygen atoms in total. The number of hydrogen-bond donors (Lipinski definition) is 1. The van der Waals surface area contributed by atoms with E-state index in [0.29, 0.717) is 12.6 Å². The van der Waals surface area contributed by atoms with Crippen LogP contribution in [0.15, 0.2) is 24.8 Å². The Morgan fingerprint density at radius 1 is 1.54 bits per heavy atom. The lowest BCUT2D eigenvalue weighted by Gasteiger charge is -2.11. The molecule has 0 aromatic carbocycles. The van der Waals surface area contributed by atoms with Crippen LogP contribution in [-0.4, -0.2) is 35.7 Å². The molecule has 0 atom stereocenters. The zero-order valence-corrected chi connectivity index (χ0v) is 7.27. The van der Waals surface area contributed by atoms with Gasteiger partial charge in [0.1, 0.15) is 0 Å². The van der Waals surface area contributed by atoms with Crippen LogP contribution in [0, 0.1) is 0 Å². The molecule has 5 heteroatoms. The van der Waals surface area contributed by atoms with Gasteiger partial charge in [-0.3, -0.25) is 0 Å². The van der Waals surface area contributed by atoms with Crippen LogP contribution in [0.5, 0.6) is 0 Å². The van der Waals surface area contributed by atoms with E-state index in [-0.39, 0.29) is 0 Å². The maximum absolute atomic E-state index is 10.8. The molecule has 0 unspecified atom stereocenters. The molecular formula is C8H11NO4. The summed E-state index contributed by atoms with van der Waals surface area (Å²) >= 11 is 0. The summed E-state index contributed by atoms with van der Waals surface area (Å²) in [4.78, 5) is 25.4. The normalized spacial score (nSPS) is 10.3. The molecule has 0 bridgehead atoms. The highest BCUT2D eigenvalue weighted by Crippen LogP contribution is 1.88. The monoisotopic (exact) mass is 185 g/mol. The molecule has 0 saturated carbocycles. The number of carboxylic acids is 1. The third kappa shape index (κ3) is 6.77. The van der Waals surface area contributed by atoms with Crippen molar-refractivity contribution in [2.45, 2.75) is 0 Å².